The van der Waals surface area contributed by atoms with E-state index in [0.717, 1.165) is 62.0 Å². The highest BCUT2D eigenvalue weighted by Gasteiger charge is 2.29. The summed E-state index contributed by atoms with van der Waals surface area (Å²) in [5.41, 5.74) is 4.18. The van der Waals surface area contributed by atoms with E-state index in [1.165, 1.54) is 6.07 Å². The first-order valence-corrected chi connectivity index (χ1v) is 11.1. The minimum atomic E-state index is -0.381. The molecule has 0 spiro atoms. The van der Waals surface area contributed by atoms with Gasteiger partial charge in [-0.05, 0) is 62.8 Å². The molecule has 5 rings (SSSR count). The first-order valence-electron chi connectivity index (χ1n) is 11.1. The van der Waals surface area contributed by atoms with Crippen LogP contribution in [0.3, 0.4) is 0 Å². The van der Waals surface area contributed by atoms with Crippen molar-refractivity contribution in [3.05, 3.63) is 76.4 Å². The van der Waals surface area contributed by atoms with Gasteiger partial charge in [0.15, 0.2) is 5.69 Å². The van der Waals surface area contributed by atoms with E-state index >= 15 is 0 Å². The number of likely N-dealkylation sites (tertiary alicyclic amines) is 1. The van der Waals surface area contributed by atoms with Crippen LogP contribution < -0.4 is 5.32 Å². The van der Waals surface area contributed by atoms with Crippen LogP contribution in [0.4, 0.5) is 10.1 Å². The molecule has 1 saturated heterocycles. The van der Waals surface area contributed by atoms with Gasteiger partial charge in [0.05, 0.1) is 11.3 Å². The molecule has 6 nitrogen and oxygen atoms in total. The predicted octanol–water partition coefficient (Wildman–Crippen LogP) is 4.30. The molecule has 7 heteroatoms. The molecule has 164 valence electrons. The molecule has 0 unspecified atom stereocenters. The van der Waals surface area contributed by atoms with E-state index in [-0.39, 0.29) is 17.6 Å². The summed E-state index contributed by atoms with van der Waals surface area (Å²) in [5, 5.41) is 7.46. The summed E-state index contributed by atoms with van der Waals surface area (Å²) in [5.74, 6) is -0.819. The number of rotatable bonds is 4. The molecule has 0 saturated carbocycles. The highest BCUT2D eigenvalue weighted by molar-refractivity contribution is 6.09. The van der Waals surface area contributed by atoms with Gasteiger partial charge in [0, 0.05) is 24.3 Å². The smallest absolute Gasteiger partial charge is 0.276 e. The van der Waals surface area contributed by atoms with Crippen molar-refractivity contribution in [2.24, 2.45) is 0 Å². The van der Waals surface area contributed by atoms with Crippen molar-refractivity contribution >= 4 is 17.5 Å². The van der Waals surface area contributed by atoms with Crippen LogP contribution in [0.2, 0.25) is 0 Å². The number of hydrogen-bond donors (Lipinski definition) is 1. The van der Waals surface area contributed by atoms with Crippen molar-refractivity contribution < 1.29 is 14.0 Å². The van der Waals surface area contributed by atoms with Gasteiger partial charge in [0.1, 0.15) is 11.5 Å². The van der Waals surface area contributed by atoms with Crippen LogP contribution in [0.25, 0.3) is 5.69 Å². The normalized spacial score (nSPS) is 15.1. The molecule has 2 aliphatic rings. The second kappa shape index (κ2) is 8.22. The van der Waals surface area contributed by atoms with E-state index in [9.17, 15) is 14.0 Å². The average molecular weight is 432 g/mol. The molecule has 1 aromatic heterocycles. The van der Waals surface area contributed by atoms with E-state index in [0.29, 0.717) is 22.6 Å². The van der Waals surface area contributed by atoms with Gasteiger partial charge >= 0.3 is 0 Å². The number of halogens is 1. The zero-order valence-corrected chi connectivity index (χ0v) is 18.0. The number of benzene rings is 2. The molecule has 32 heavy (non-hydrogen) atoms. The Balaban J connectivity index is 1.50. The van der Waals surface area contributed by atoms with Crippen LogP contribution >= 0.6 is 0 Å². The number of aryl methyl sites for hydroxylation is 1. The monoisotopic (exact) mass is 432 g/mol. The number of amides is 2. The number of hydrogen-bond acceptors (Lipinski definition) is 3. The first kappa shape index (κ1) is 20.4. The maximum absolute atomic E-state index is 14.4. The Morgan fingerprint density at radius 2 is 1.78 bits per heavy atom. The average Bonchev–Trinajstić information content (AvgIpc) is 3.53. The topological polar surface area (TPSA) is 67.2 Å². The fraction of sp³-hybridized carbons (Fsp3) is 0.320. The Labute approximate surface area is 186 Å². The molecule has 0 atom stereocenters. The molecule has 2 heterocycles. The third-order valence-corrected chi connectivity index (χ3v) is 6.36. The van der Waals surface area contributed by atoms with Gasteiger partial charge in [-0.3, -0.25) is 9.59 Å². The lowest BCUT2D eigenvalue weighted by Gasteiger charge is -2.19. The fourth-order valence-corrected chi connectivity index (χ4v) is 4.72. The number of para-hydroxylation sites is 2. The Bertz CT molecular complexity index is 1210. The molecular formula is C25H25FN4O2. The number of carbonyl (C=O) groups is 2. The lowest BCUT2D eigenvalue weighted by atomic mass is 10.1. The Kier molecular flexibility index (Phi) is 5.25. The lowest BCUT2D eigenvalue weighted by molar-refractivity contribution is 0.0793. The van der Waals surface area contributed by atoms with Gasteiger partial charge in [-0.25, -0.2) is 9.07 Å². The van der Waals surface area contributed by atoms with Gasteiger partial charge in [-0.2, -0.15) is 5.10 Å². The highest BCUT2D eigenvalue weighted by Crippen LogP contribution is 2.30. The van der Waals surface area contributed by atoms with Crippen LogP contribution in [0.15, 0.2) is 42.5 Å². The number of aromatic nitrogens is 2. The second-order valence-corrected chi connectivity index (χ2v) is 8.44. The van der Waals surface area contributed by atoms with Crippen LogP contribution in [-0.4, -0.2) is 39.6 Å². The molecule has 1 aliphatic heterocycles. The van der Waals surface area contributed by atoms with Gasteiger partial charge < -0.3 is 10.2 Å². The van der Waals surface area contributed by atoms with Crippen molar-refractivity contribution in [3.63, 3.8) is 0 Å². The second-order valence-electron chi connectivity index (χ2n) is 8.44. The fourth-order valence-electron chi connectivity index (χ4n) is 4.72. The number of nitrogens with one attached hydrogen (secondary N) is 1. The maximum Gasteiger partial charge on any atom is 0.276 e. The molecule has 1 aliphatic carbocycles. The van der Waals surface area contributed by atoms with Crippen molar-refractivity contribution in [3.8, 4) is 5.69 Å². The SMILES string of the molecule is Cc1cccc(C(=O)N2CCCC2)c1NC(=O)c1nn(-c2ccccc2F)c2c1CCC2. The number of anilines is 1. The van der Waals surface area contributed by atoms with Gasteiger partial charge in [-0.15, -0.1) is 0 Å². The zero-order chi connectivity index (χ0) is 22.2. The van der Waals surface area contributed by atoms with Crippen molar-refractivity contribution in [1.82, 2.24) is 14.7 Å². The number of carbonyl (C=O) groups excluding carboxylic acids is 2. The van der Waals surface area contributed by atoms with Gasteiger partial charge in [0.25, 0.3) is 11.8 Å². The maximum atomic E-state index is 14.4. The highest BCUT2D eigenvalue weighted by atomic mass is 19.1. The van der Waals surface area contributed by atoms with Crippen molar-refractivity contribution in [2.45, 2.75) is 39.0 Å². The summed E-state index contributed by atoms with van der Waals surface area (Å²) < 4.78 is 16.0. The largest absolute Gasteiger partial charge is 0.339 e. The van der Waals surface area contributed by atoms with Crippen LogP contribution in [0.1, 0.15) is 56.9 Å². The molecule has 3 aromatic rings. The molecule has 2 aromatic carbocycles. The van der Waals surface area contributed by atoms with Crippen LogP contribution in [0, 0.1) is 12.7 Å². The van der Waals surface area contributed by atoms with Gasteiger partial charge in [-0.1, -0.05) is 24.3 Å². The molecular weight excluding hydrogens is 407 g/mol. The summed E-state index contributed by atoms with van der Waals surface area (Å²) in [6, 6.07) is 11.9. The molecule has 2 amide bonds. The molecule has 0 bridgehead atoms. The minimum absolute atomic E-state index is 0.0661. The van der Waals surface area contributed by atoms with E-state index in [1.54, 1.807) is 28.9 Å². The van der Waals surface area contributed by atoms with E-state index < -0.39 is 0 Å². The van der Waals surface area contributed by atoms with E-state index in [4.69, 9.17) is 0 Å². The van der Waals surface area contributed by atoms with Crippen LogP contribution in [-0.2, 0) is 12.8 Å². The number of nitrogens with zero attached hydrogens (tertiary/aromatic N) is 3. The van der Waals surface area contributed by atoms with E-state index in [1.807, 2.05) is 24.0 Å². The minimum Gasteiger partial charge on any atom is -0.339 e. The summed E-state index contributed by atoms with van der Waals surface area (Å²) in [7, 11) is 0. The Hall–Kier alpha value is -3.48. The quantitative estimate of drug-likeness (QED) is 0.669. The zero-order valence-electron chi connectivity index (χ0n) is 18.0. The number of fused-ring (bicyclic) bond motifs is 1. The third kappa shape index (κ3) is 3.47. The summed E-state index contributed by atoms with van der Waals surface area (Å²) in [6.07, 6.45) is 4.36. The molecule has 0 radical (unpaired) electrons. The van der Waals surface area contributed by atoms with E-state index in [2.05, 4.69) is 10.4 Å². The summed E-state index contributed by atoms with van der Waals surface area (Å²) in [4.78, 5) is 28.2. The Morgan fingerprint density at radius 1 is 1.00 bits per heavy atom. The molecule has 1 fully saturated rings. The summed E-state index contributed by atoms with van der Waals surface area (Å²) in [6.45, 7) is 3.35. The van der Waals surface area contributed by atoms with Crippen molar-refractivity contribution in [2.75, 3.05) is 18.4 Å². The third-order valence-electron chi connectivity index (χ3n) is 6.36. The van der Waals surface area contributed by atoms with Crippen molar-refractivity contribution in [1.29, 1.82) is 0 Å². The lowest BCUT2D eigenvalue weighted by Crippen LogP contribution is -2.29. The molecule has 1 N–H and O–H groups in total. The Morgan fingerprint density at radius 3 is 2.56 bits per heavy atom. The van der Waals surface area contributed by atoms with Crippen LogP contribution in [0.5, 0.6) is 0 Å². The van der Waals surface area contributed by atoms with Gasteiger partial charge in [0.2, 0.25) is 0 Å². The summed E-state index contributed by atoms with van der Waals surface area (Å²) >= 11 is 0. The standard InChI is InChI=1S/C25H25FN4O2/c1-16-8-6-10-18(25(32)29-14-4-5-15-29)22(16)27-24(31)23-17-9-7-13-20(17)30(28-23)21-12-3-2-11-19(21)26/h2-3,6,8,10-12H,4-5,7,9,13-15H2,1H3,(H,27,31). The first-order chi connectivity index (χ1) is 15.5. The predicted molar refractivity (Wildman–Crippen MR) is 120 cm³/mol.